The van der Waals surface area contributed by atoms with Gasteiger partial charge in [-0.25, -0.2) is 0 Å². The zero-order valence-corrected chi connectivity index (χ0v) is 36.0. The van der Waals surface area contributed by atoms with Crippen LogP contribution in [0.15, 0.2) is 253 Å². The maximum absolute atomic E-state index is 6.60. The summed E-state index contributed by atoms with van der Waals surface area (Å²) in [7, 11) is 0. The molecule has 0 saturated carbocycles. The molecule has 2 nitrogen and oxygen atoms in total. The molecule has 0 aliphatic carbocycles. The predicted octanol–water partition coefficient (Wildman–Crippen LogP) is 18.3. The average molecular weight is 840 g/mol. The van der Waals surface area contributed by atoms with Crippen LogP contribution in [0.3, 0.4) is 0 Å². The molecule has 66 heavy (non-hydrogen) atoms. The van der Waals surface area contributed by atoms with Crippen LogP contribution >= 0.6 is 0 Å². The maximum atomic E-state index is 6.60. The first-order valence-corrected chi connectivity index (χ1v) is 22.7. The molecule has 0 amide bonds. The molecular formula is C64H41NO. The van der Waals surface area contributed by atoms with Crippen LogP contribution in [0.1, 0.15) is 0 Å². The normalized spacial score (nSPS) is 11.6. The number of rotatable bonds is 7. The van der Waals surface area contributed by atoms with E-state index < -0.39 is 0 Å². The monoisotopic (exact) mass is 839 g/mol. The van der Waals surface area contributed by atoms with Crippen molar-refractivity contribution in [1.82, 2.24) is 0 Å². The smallest absolute Gasteiger partial charge is 0.143 e. The van der Waals surface area contributed by atoms with E-state index in [0.717, 1.165) is 55.5 Å². The molecule has 1 heterocycles. The summed E-state index contributed by atoms with van der Waals surface area (Å²) in [5.74, 6) is 0. The molecule has 0 spiro atoms. The number of hydrogen-bond acceptors (Lipinski definition) is 2. The second-order valence-corrected chi connectivity index (χ2v) is 17.2. The number of hydrogen-bond donors (Lipinski definition) is 0. The Morgan fingerprint density at radius 2 is 0.803 bits per heavy atom. The molecule has 13 rings (SSSR count). The number of anilines is 3. The summed E-state index contributed by atoms with van der Waals surface area (Å²) in [5, 5.41) is 12.0. The summed E-state index contributed by atoms with van der Waals surface area (Å²) in [5.41, 5.74) is 14.6. The van der Waals surface area contributed by atoms with E-state index in [1.54, 1.807) is 0 Å². The Morgan fingerprint density at radius 1 is 0.273 bits per heavy atom. The average Bonchev–Trinajstić information content (AvgIpc) is 3.79. The molecule has 308 valence electrons. The van der Waals surface area contributed by atoms with Crippen molar-refractivity contribution in [3.05, 3.63) is 249 Å². The Labute approximate surface area is 382 Å². The highest BCUT2D eigenvalue weighted by Gasteiger charge is 2.21. The van der Waals surface area contributed by atoms with Gasteiger partial charge in [0.05, 0.1) is 0 Å². The zero-order valence-electron chi connectivity index (χ0n) is 36.0. The third-order valence-electron chi connectivity index (χ3n) is 13.4. The summed E-state index contributed by atoms with van der Waals surface area (Å²) in [6.07, 6.45) is 0. The molecule has 1 aromatic heterocycles. The largest absolute Gasteiger partial charge is 0.455 e. The van der Waals surface area contributed by atoms with Gasteiger partial charge in [0.2, 0.25) is 0 Å². The lowest BCUT2D eigenvalue weighted by atomic mass is 9.85. The van der Waals surface area contributed by atoms with Crippen molar-refractivity contribution in [2.45, 2.75) is 0 Å². The summed E-state index contributed by atoms with van der Waals surface area (Å²) in [6, 6.07) is 90.3. The van der Waals surface area contributed by atoms with Crippen LogP contribution < -0.4 is 4.90 Å². The van der Waals surface area contributed by atoms with E-state index in [1.807, 2.05) is 0 Å². The molecular weight excluding hydrogens is 799 g/mol. The summed E-state index contributed by atoms with van der Waals surface area (Å²) < 4.78 is 6.60. The van der Waals surface area contributed by atoms with Crippen molar-refractivity contribution in [2.75, 3.05) is 4.90 Å². The molecule has 0 fully saturated rings. The number of benzene rings is 12. The molecule has 0 aliphatic rings. The van der Waals surface area contributed by atoms with Crippen LogP contribution in [0.25, 0.3) is 110 Å². The van der Waals surface area contributed by atoms with Gasteiger partial charge >= 0.3 is 0 Å². The lowest BCUT2D eigenvalue weighted by Gasteiger charge is -2.27. The van der Waals surface area contributed by atoms with Crippen molar-refractivity contribution in [2.24, 2.45) is 0 Å². The minimum Gasteiger partial charge on any atom is -0.455 e. The van der Waals surface area contributed by atoms with Crippen LogP contribution in [-0.4, -0.2) is 0 Å². The number of furan rings is 1. The molecule has 0 bridgehead atoms. The minimum absolute atomic E-state index is 0.892. The summed E-state index contributed by atoms with van der Waals surface area (Å²) >= 11 is 0. The molecule has 0 atom stereocenters. The van der Waals surface area contributed by atoms with Gasteiger partial charge in [0, 0.05) is 33.2 Å². The Bertz CT molecular complexity index is 3960. The summed E-state index contributed by atoms with van der Waals surface area (Å²) in [4.78, 5) is 2.40. The van der Waals surface area contributed by atoms with Crippen molar-refractivity contribution >= 4 is 82.1 Å². The van der Waals surface area contributed by atoms with Gasteiger partial charge in [-0.05, 0) is 137 Å². The van der Waals surface area contributed by atoms with Crippen LogP contribution in [0, 0.1) is 0 Å². The van der Waals surface area contributed by atoms with Gasteiger partial charge in [0.25, 0.3) is 0 Å². The van der Waals surface area contributed by atoms with E-state index in [1.165, 1.54) is 71.1 Å². The second kappa shape index (κ2) is 15.5. The highest BCUT2D eigenvalue weighted by molar-refractivity contribution is 6.22. The first-order valence-electron chi connectivity index (χ1n) is 22.7. The van der Waals surface area contributed by atoms with E-state index in [9.17, 15) is 0 Å². The topological polar surface area (TPSA) is 16.4 Å². The van der Waals surface area contributed by atoms with Gasteiger partial charge < -0.3 is 9.32 Å². The van der Waals surface area contributed by atoms with Gasteiger partial charge in [-0.2, -0.15) is 0 Å². The Balaban J connectivity index is 1.00. The molecule has 0 aliphatic heterocycles. The fraction of sp³-hybridized carbons (Fsp3) is 0. The Kier molecular flexibility index (Phi) is 8.89. The molecule has 0 N–H and O–H groups in total. The molecule has 0 unspecified atom stereocenters. The molecule has 13 aromatic rings. The van der Waals surface area contributed by atoms with Gasteiger partial charge in [0.1, 0.15) is 11.2 Å². The van der Waals surface area contributed by atoms with E-state index in [-0.39, 0.29) is 0 Å². The Morgan fingerprint density at radius 3 is 1.53 bits per heavy atom. The van der Waals surface area contributed by atoms with Crippen LogP contribution in [0.4, 0.5) is 17.1 Å². The lowest BCUT2D eigenvalue weighted by molar-refractivity contribution is 0.673. The zero-order chi connectivity index (χ0) is 43.6. The number of fused-ring (bicyclic) bond motifs is 9. The van der Waals surface area contributed by atoms with Crippen molar-refractivity contribution in [1.29, 1.82) is 0 Å². The van der Waals surface area contributed by atoms with Crippen LogP contribution in [-0.2, 0) is 0 Å². The third-order valence-corrected chi connectivity index (χ3v) is 13.4. The van der Waals surface area contributed by atoms with Crippen molar-refractivity contribution < 1.29 is 4.42 Å². The first kappa shape index (κ1) is 37.8. The molecule has 0 radical (unpaired) electrons. The van der Waals surface area contributed by atoms with Gasteiger partial charge in [-0.15, -0.1) is 0 Å². The molecule has 2 heteroatoms. The molecule has 12 aromatic carbocycles. The highest BCUT2D eigenvalue weighted by Crippen LogP contribution is 2.47. The van der Waals surface area contributed by atoms with E-state index in [2.05, 4.69) is 254 Å². The van der Waals surface area contributed by atoms with E-state index in [4.69, 9.17) is 4.42 Å². The standard InChI is InChI=1S/C64H41NO/c1-3-16-46(17-4-1)61-57-23-12-11-22-55(57)56-39-37-52(41-59(56)62(61)47-18-5-2-6-19-47)65(50-33-28-43(29-34-50)49-27-26-42-14-7-8-20-48(42)40-49)51-35-30-45(31-36-51)53-24-13-25-60-63(53)58-38-32-44-15-9-10-21-54(44)64(58)66-60/h1-41H. The number of nitrogens with zero attached hydrogens (tertiary/aromatic N) is 1. The minimum atomic E-state index is 0.892. The first-order chi connectivity index (χ1) is 32.7. The third kappa shape index (κ3) is 6.26. The second-order valence-electron chi connectivity index (χ2n) is 17.2. The summed E-state index contributed by atoms with van der Waals surface area (Å²) in [6.45, 7) is 0. The van der Waals surface area contributed by atoms with Gasteiger partial charge in [-0.3, -0.25) is 0 Å². The van der Waals surface area contributed by atoms with Crippen LogP contribution in [0.5, 0.6) is 0 Å². The Hall–Kier alpha value is -8.72. The van der Waals surface area contributed by atoms with Crippen molar-refractivity contribution in [3.63, 3.8) is 0 Å². The fourth-order valence-corrected chi connectivity index (χ4v) is 10.3. The fourth-order valence-electron chi connectivity index (χ4n) is 10.3. The lowest BCUT2D eigenvalue weighted by Crippen LogP contribution is -2.10. The highest BCUT2D eigenvalue weighted by atomic mass is 16.3. The van der Waals surface area contributed by atoms with E-state index >= 15 is 0 Å². The van der Waals surface area contributed by atoms with E-state index in [0.29, 0.717) is 0 Å². The van der Waals surface area contributed by atoms with Crippen molar-refractivity contribution in [3.8, 4) is 44.5 Å². The quantitative estimate of drug-likeness (QED) is 0.149. The maximum Gasteiger partial charge on any atom is 0.143 e. The molecule has 0 saturated heterocycles. The SMILES string of the molecule is c1ccc(-c2c(-c3ccccc3)c3cc(N(c4ccc(-c5ccc6ccccc6c5)cc4)c4ccc(-c5cccc6oc7c8ccccc8ccc7c56)cc4)ccc3c3ccccc23)cc1. The van der Waals surface area contributed by atoms with Gasteiger partial charge in [0.15, 0.2) is 0 Å². The van der Waals surface area contributed by atoms with Gasteiger partial charge in [-0.1, -0.05) is 194 Å². The van der Waals surface area contributed by atoms with Crippen LogP contribution in [0.2, 0.25) is 0 Å². The predicted molar refractivity (Wildman–Crippen MR) is 280 cm³/mol.